The zero-order valence-corrected chi connectivity index (χ0v) is 22.8. The first-order valence-corrected chi connectivity index (χ1v) is 15.0. The van der Waals surface area contributed by atoms with E-state index in [2.05, 4.69) is 51.4 Å². The van der Waals surface area contributed by atoms with Crippen LogP contribution in [0.5, 0.6) is 0 Å². The number of nitrogens with one attached hydrogen (secondary N) is 2. The number of hydrogen-bond acceptors (Lipinski definition) is 3. The summed E-state index contributed by atoms with van der Waals surface area (Å²) in [6, 6.07) is 16.3. The van der Waals surface area contributed by atoms with Crippen molar-refractivity contribution in [1.82, 2.24) is 10.2 Å². The molecular formula is C27H41N3O3Si. The Labute approximate surface area is 206 Å². The van der Waals surface area contributed by atoms with Gasteiger partial charge in [-0.15, -0.1) is 0 Å². The van der Waals surface area contributed by atoms with Crippen LogP contribution in [-0.2, 0) is 4.43 Å². The van der Waals surface area contributed by atoms with E-state index in [1.165, 1.54) is 0 Å². The Balaban J connectivity index is 2.10. The summed E-state index contributed by atoms with van der Waals surface area (Å²) >= 11 is 0. The van der Waals surface area contributed by atoms with Crippen LogP contribution in [0.3, 0.4) is 0 Å². The minimum Gasteiger partial charge on any atom is -0.414 e. The van der Waals surface area contributed by atoms with Crippen LogP contribution in [0.25, 0.3) is 0 Å². The Kier molecular flexibility index (Phi) is 9.88. The standard InChI is InChI=1S/C27H41N3O3Si/c1-8-9-18-30(5)25(31)22-16-13-17-23(19-22)28-26(32)29-24(21-14-11-10-12-15-21)20-33-34(6,7)27(2,3)4/h10-17,19,24H,8-9,18,20H2,1-7H3,(H2,28,29,32). The zero-order chi connectivity index (χ0) is 25.4. The van der Waals surface area contributed by atoms with Gasteiger partial charge in [-0.1, -0.05) is 70.5 Å². The molecule has 6 nitrogen and oxygen atoms in total. The predicted molar refractivity (Wildman–Crippen MR) is 143 cm³/mol. The molecule has 0 radical (unpaired) electrons. The van der Waals surface area contributed by atoms with Crippen molar-refractivity contribution < 1.29 is 14.0 Å². The summed E-state index contributed by atoms with van der Waals surface area (Å²) in [5.41, 5.74) is 2.11. The van der Waals surface area contributed by atoms with Crippen molar-refractivity contribution in [2.75, 3.05) is 25.5 Å². The maximum atomic E-state index is 12.9. The number of carbonyl (C=O) groups excluding carboxylic acids is 2. The Bertz CT molecular complexity index is 942. The highest BCUT2D eigenvalue weighted by atomic mass is 28.4. The number of nitrogens with zero attached hydrogens (tertiary/aromatic N) is 1. The smallest absolute Gasteiger partial charge is 0.319 e. The lowest BCUT2D eigenvalue weighted by molar-refractivity contribution is 0.0793. The van der Waals surface area contributed by atoms with E-state index < -0.39 is 8.32 Å². The average Bonchev–Trinajstić information content (AvgIpc) is 2.79. The van der Waals surface area contributed by atoms with Gasteiger partial charge in [0, 0.05) is 24.8 Å². The number of urea groups is 1. The van der Waals surface area contributed by atoms with E-state index >= 15 is 0 Å². The molecule has 0 saturated carbocycles. The third-order valence-corrected chi connectivity index (χ3v) is 11.0. The quantitative estimate of drug-likeness (QED) is 0.382. The van der Waals surface area contributed by atoms with E-state index in [-0.39, 0.29) is 23.0 Å². The van der Waals surface area contributed by atoms with Gasteiger partial charge < -0.3 is 20.0 Å². The molecule has 186 valence electrons. The second-order valence-corrected chi connectivity index (χ2v) is 15.1. The summed E-state index contributed by atoms with van der Waals surface area (Å²) in [5, 5.41) is 6.02. The number of carbonyl (C=O) groups is 2. The molecule has 2 N–H and O–H groups in total. The molecule has 0 fully saturated rings. The van der Waals surface area contributed by atoms with Gasteiger partial charge in [0.15, 0.2) is 8.32 Å². The van der Waals surface area contributed by atoms with Crippen LogP contribution >= 0.6 is 0 Å². The fourth-order valence-corrected chi connectivity index (χ4v) is 4.20. The lowest BCUT2D eigenvalue weighted by Crippen LogP contribution is -2.44. The summed E-state index contributed by atoms with van der Waals surface area (Å²) in [4.78, 5) is 27.3. The molecule has 34 heavy (non-hydrogen) atoms. The maximum absolute atomic E-state index is 12.9. The van der Waals surface area contributed by atoms with Gasteiger partial charge in [0.2, 0.25) is 0 Å². The van der Waals surface area contributed by atoms with E-state index in [0.29, 0.717) is 24.4 Å². The fraction of sp³-hybridized carbons (Fsp3) is 0.481. The zero-order valence-electron chi connectivity index (χ0n) is 21.8. The molecule has 1 atom stereocenters. The highest BCUT2D eigenvalue weighted by Gasteiger charge is 2.37. The first kappa shape index (κ1) is 27.6. The summed E-state index contributed by atoms with van der Waals surface area (Å²) in [6.07, 6.45) is 1.99. The molecule has 2 aromatic rings. The molecule has 7 heteroatoms. The molecule has 0 aliphatic carbocycles. The molecule has 0 bridgehead atoms. The Morgan fingerprint density at radius 3 is 2.35 bits per heavy atom. The molecule has 3 amide bonds. The van der Waals surface area contributed by atoms with Gasteiger partial charge in [0.25, 0.3) is 5.91 Å². The first-order chi connectivity index (χ1) is 15.9. The predicted octanol–water partition coefficient (Wildman–Crippen LogP) is 6.44. The summed E-state index contributed by atoms with van der Waals surface area (Å²) in [7, 11) is -0.177. The molecular weight excluding hydrogens is 442 g/mol. The van der Waals surface area contributed by atoms with Crippen LogP contribution in [0.15, 0.2) is 54.6 Å². The second kappa shape index (κ2) is 12.2. The molecule has 1 unspecified atom stereocenters. The van der Waals surface area contributed by atoms with Crippen molar-refractivity contribution in [3.8, 4) is 0 Å². The van der Waals surface area contributed by atoms with Crippen molar-refractivity contribution in [3.05, 3.63) is 65.7 Å². The topological polar surface area (TPSA) is 70.7 Å². The highest BCUT2D eigenvalue weighted by molar-refractivity contribution is 6.74. The monoisotopic (exact) mass is 483 g/mol. The molecule has 0 aliphatic heterocycles. The van der Waals surface area contributed by atoms with Gasteiger partial charge in [0.1, 0.15) is 0 Å². The second-order valence-electron chi connectivity index (χ2n) is 10.3. The van der Waals surface area contributed by atoms with E-state index in [1.807, 2.05) is 30.3 Å². The van der Waals surface area contributed by atoms with Gasteiger partial charge in [-0.05, 0) is 48.3 Å². The van der Waals surface area contributed by atoms with Gasteiger partial charge >= 0.3 is 6.03 Å². The van der Waals surface area contributed by atoms with E-state index in [9.17, 15) is 9.59 Å². The van der Waals surface area contributed by atoms with Crippen LogP contribution in [0.4, 0.5) is 10.5 Å². The van der Waals surface area contributed by atoms with Crippen LogP contribution in [0.2, 0.25) is 18.1 Å². The average molecular weight is 484 g/mol. The van der Waals surface area contributed by atoms with E-state index in [0.717, 1.165) is 18.4 Å². The number of benzene rings is 2. The number of rotatable bonds is 10. The van der Waals surface area contributed by atoms with Crippen LogP contribution in [0, 0.1) is 0 Å². The number of anilines is 1. The molecule has 0 spiro atoms. The highest BCUT2D eigenvalue weighted by Crippen LogP contribution is 2.37. The molecule has 2 rings (SSSR count). The summed E-state index contributed by atoms with van der Waals surface area (Å²) in [5.74, 6) is -0.0533. The van der Waals surface area contributed by atoms with Crippen molar-refractivity contribution in [3.63, 3.8) is 0 Å². The van der Waals surface area contributed by atoms with Gasteiger partial charge in [-0.3, -0.25) is 4.79 Å². The van der Waals surface area contributed by atoms with Gasteiger partial charge in [-0.25, -0.2) is 4.79 Å². The van der Waals surface area contributed by atoms with Crippen LogP contribution in [-0.4, -0.2) is 45.4 Å². The van der Waals surface area contributed by atoms with Crippen molar-refractivity contribution in [1.29, 1.82) is 0 Å². The Morgan fingerprint density at radius 2 is 1.74 bits per heavy atom. The summed E-state index contributed by atoms with van der Waals surface area (Å²) in [6.45, 7) is 14.2. The van der Waals surface area contributed by atoms with Crippen LogP contribution < -0.4 is 10.6 Å². The molecule has 0 aromatic heterocycles. The largest absolute Gasteiger partial charge is 0.414 e. The number of unbranched alkanes of at least 4 members (excludes halogenated alkanes) is 1. The van der Waals surface area contributed by atoms with Gasteiger partial charge in [-0.2, -0.15) is 0 Å². The minimum absolute atomic E-state index is 0.0533. The van der Waals surface area contributed by atoms with Crippen molar-refractivity contribution in [2.45, 2.75) is 64.7 Å². The van der Waals surface area contributed by atoms with Gasteiger partial charge in [0.05, 0.1) is 12.6 Å². The van der Waals surface area contributed by atoms with E-state index in [4.69, 9.17) is 4.43 Å². The lowest BCUT2D eigenvalue weighted by atomic mass is 10.1. The third kappa shape index (κ3) is 7.99. The van der Waals surface area contributed by atoms with E-state index in [1.54, 1.807) is 36.2 Å². The molecule has 0 aliphatic rings. The fourth-order valence-electron chi connectivity index (χ4n) is 3.19. The van der Waals surface area contributed by atoms with Crippen molar-refractivity contribution in [2.24, 2.45) is 0 Å². The van der Waals surface area contributed by atoms with Crippen LogP contribution in [0.1, 0.15) is 62.5 Å². The first-order valence-electron chi connectivity index (χ1n) is 12.1. The number of hydrogen-bond donors (Lipinski definition) is 2. The molecule has 2 aromatic carbocycles. The summed E-state index contributed by atoms with van der Waals surface area (Å²) < 4.78 is 6.42. The maximum Gasteiger partial charge on any atom is 0.319 e. The molecule has 0 saturated heterocycles. The minimum atomic E-state index is -1.98. The molecule has 0 heterocycles. The SMILES string of the molecule is CCCCN(C)C(=O)c1cccc(NC(=O)NC(CO[Si](C)(C)C(C)(C)C)c2ccccc2)c1. The van der Waals surface area contributed by atoms with Crippen molar-refractivity contribution >= 4 is 25.9 Å². The Hall–Kier alpha value is -2.64. The number of amides is 3. The third-order valence-electron chi connectivity index (χ3n) is 6.49. The normalized spacial score (nSPS) is 12.7. The lowest BCUT2D eigenvalue weighted by Gasteiger charge is -2.37. The Morgan fingerprint density at radius 1 is 1.06 bits per heavy atom.